The van der Waals surface area contributed by atoms with Crippen LogP contribution in [0.15, 0.2) is 12.1 Å². The maximum atomic E-state index is 12.1. The zero-order chi connectivity index (χ0) is 14.7. The largest absolute Gasteiger partial charge is 0.486 e. The van der Waals surface area contributed by atoms with Gasteiger partial charge in [0, 0.05) is 38.3 Å². The zero-order valence-corrected chi connectivity index (χ0v) is 12.4. The van der Waals surface area contributed by atoms with E-state index in [9.17, 15) is 4.79 Å². The number of benzene rings is 1. The van der Waals surface area contributed by atoms with Crippen LogP contribution in [-0.4, -0.2) is 56.7 Å². The summed E-state index contributed by atoms with van der Waals surface area (Å²) >= 11 is 6.17. The molecule has 0 bridgehead atoms. The molecule has 1 fully saturated rings. The van der Waals surface area contributed by atoms with Crippen molar-refractivity contribution in [1.82, 2.24) is 10.2 Å². The van der Waals surface area contributed by atoms with Crippen molar-refractivity contribution < 1.29 is 14.3 Å². The van der Waals surface area contributed by atoms with Gasteiger partial charge in [-0.1, -0.05) is 11.6 Å². The fourth-order valence-corrected chi connectivity index (χ4v) is 2.62. The fourth-order valence-electron chi connectivity index (χ4n) is 2.42. The van der Waals surface area contributed by atoms with Crippen LogP contribution >= 0.6 is 11.6 Å². The predicted molar refractivity (Wildman–Crippen MR) is 80.4 cm³/mol. The number of hydrogen-bond acceptors (Lipinski definition) is 5. The second-order valence-electron chi connectivity index (χ2n) is 5.05. The van der Waals surface area contributed by atoms with E-state index in [1.165, 1.54) is 0 Å². The number of hydrogen-bond donors (Lipinski definition) is 2. The van der Waals surface area contributed by atoms with E-state index in [4.69, 9.17) is 21.1 Å². The molecule has 6 nitrogen and oxygen atoms in total. The summed E-state index contributed by atoms with van der Waals surface area (Å²) in [5.74, 6) is 1.16. The Balaban J connectivity index is 1.65. The van der Waals surface area contributed by atoms with Gasteiger partial charge in [0.1, 0.15) is 13.2 Å². The first-order valence-corrected chi connectivity index (χ1v) is 7.42. The van der Waals surface area contributed by atoms with Crippen molar-refractivity contribution in [3.8, 4) is 11.5 Å². The van der Waals surface area contributed by atoms with Crippen molar-refractivity contribution in [2.24, 2.45) is 0 Å². The van der Waals surface area contributed by atoms with E-state index >= 15 is 0 Å². The zero-order valence-electron chi connectivity index (χ0n) is 11.7. The molecular weight excluding hydrogens is 294 g/mol. The number of amides is 1. The third kappa shape index (κ3) is 3.58. The van der Waals surface area contributed by atoms with Crippen LogP contribution in [0.2, 0.25) is 5.02 Å². The number of halogens is 1. The van der Waals surface area contributed by atoms with Crippen LogP contribution < -0.4 is 20.1 Å². The third-order valence-corrected chi connectivity index (χ3v) is 3.80. The Morgan fingerprint density at radius 1 is 1.24 bits per heavy atom. The van der Waals surface area contributed by atoms with Crippen molar-refractivity contribution in [3.05, 3.63) is 17.2 Å². The average molecular weight is 312 g/mol. The minimum atomic E-state index is -0.0736. The van der Waals surface area contributed by atoms with Gasteiger partial charge in [0.15, 0.2) is 11.5 Å². The molecule has 3 rings (SSSR count). The van der Waals surface area contributed by atoms with Crippen LogP contribution in [0.25, 0.3) is 0 Å². The molecule has 1 saturated heterocycles. The standard InChI is InChI=1S/C14H18ClN3O3/c15-10-7-12-13(21-6-5-20-12)8-11(10)17-14(19)9-18-3-1-16-2-4-18/h7-8,16H,1-6,9H2,(H,17,19). The molecule has 0 atom stereocenters. The molecule has 0 aliphatic carbocycles. The van der Waals surface area contributed by atoms with Crippen LogP contribution in [0.3, 0.4) is 0 Å². The summed E-state index contributed by atoms with van der Waals surface area (Å²) < 4.78 is 10.9. The van der Waals surface area contributed by atoms with E-state index in [0.717, 1.165) is 26.2 Å². The molecule has 0 aromatic heterocycles. The summed E-state index contributed by atoms with van der Waals surface area (Å²) in [4.78, 5) is 14.2. The van der Waals surface area contributed by atoms with Gasteiger partial charge in [-0.15, -0.1) is 0 Å². The Kier molecular flexibility index (Phi) is 4.48. The van der Waals surface area contributed by atoms with E-state index in [-0.39, 0.29) is 5.91 Å². The molecule has 1 amide bonds. The van der Waals surface area contributed by atoms with Crippen LogP contribution in [0.1, 0.15) is 0 Å². The second-order valence-corrected chi connectivity index (χ2v) is 5.46. The molecule has 114 valence electrons. The smallest absolute Gasteiger partial charge is 0.238 e. The normalized spacial score (nSPS) is 18.3. The minimum Gasteiger partial charge on any atom is -0.486 e. The molecule has 1 aromatic rings. The first kappa shape index (κ1) is 14.4. The number of nitrogens with one attached hydrogen (secondary N) is 2. The lowest BCUT2D eigenvalue weighted by molar-refractivity contribution is -0.117. The molecule has 2 aliphatic rings. The topological polar surface area (TPSA) is 62.8 Å². The van der Waals surface area contributed by atoms with Gasteiger partial charge in [0.25, 0.3) is 0 Å². The molecule has 0 saturated carbocycles. The van der Waals surface area contributed by atoms with E-state index in [2.05, 4.69) is 15.5 Å². The lowest BCUT2D eigenvalue weighted by atomic mass is 10.2. The van der Waals surface area contributed by atoms with Crippen LogP contribution in [0, 0.1) is 0 Å². The predicted octanol–water partition coefficient (Wildman–Crippen LogP) is 0.955. The molecule has 0 radical (unpaired) electrons. The number of nitrogens with zero attached hydrogens (tertiary/aromatic N) is 1. The minimum absolute atomic E-state index is 0.0736. The highest BCUT2D eigenvalue weighted by molar-refractivity contribution is 6.34. The third-order valence-electron chi connectivity index (χ3n) is 3.48. The number of rotatable bonds is 3. The molecule has 1 aromatic carbocycles. The average Bonchev–Trinajstić information content (AvgIpc) is 2.49. The van der Waals surface area contributed by atoms with Crippen LogP contribution in [0.4, 0.5) is 5.69 Å². The van der Waals surface area contributed by atoms with Gasteiger partial charge < -0.3 is 20.1 Å². The van der Waals surface area contributed by atoms with Crippen molar-refractivity contribution >= 4 is 23.2 Å². The highest BCUT2D eigenvalue weighted by Crippen LogP contribution is 2.37. The van der Waals surface area contributed by atoms with Gasteiger partial charge in [0.05, 0.1) is 17.3 Å². The maximum absolute atomic E-state index is 12.1. The Bertz CT molecular complexity index is 532. The molecule has 7 heteroatoms. The van der Waals surface area contributed by atoms with E-state index in [1.54, 1.807) is 12.1 Å². The van der Waals surface area contributed by atoms with E-state index in [1.807, 2.05) is 0 Å². The number of carbonyl (C=O) groups is 1. The van der Waals surface area contributed by atoms with E-state index in [0.29, 0.717) is 42.0 Å². The molecule has 0 unspecified atom stereocenters. The molecule has 2 heterocycles. The highest BCUT2D eigenvalue weighted by atomic mass is 35.5. The number of anilines is 1. The monoisotopic (exact) mass is 311 g/mol. The number of piperazine rings is 1. The first-order valence-electron chi connectivity index (χ1n) is 7.04. The fraction of sp³-hybridized carbons (Fsp3) is 0.500. The lowest BCUT2D eigenvalue weighted by Crippen LogP contribution is -2.46. The SMILES string of the molecule is O=C(CN1CCNCC1)Nc1cc2c(cc1Cl)OCCO2. The molecule has 2 N–H and O–H groups in total. The second kappa shape index (κ2) is 6.51. The quantitative estimate of drug-likeness (QED) is 0.870. The summed E-state index contributed by atoms with van der Waals surface area (Å²) in [7, 11) is 0. The molecular formula is C14H18ClN3O3. The number of carbonyl (C=O) groups excluding carboxylic acids is 1. The van der Waals surface area contributed by atoms with Gasteiger partial charge >= 0.3 is 0 Å². The molecule has 21 heavy (non-hydrogen) atoms. The van der Waals surface area contributed by atoms with Crippen molar-refractivity contribution in [3.63, 3.8) is 0 Å². The maximum Gasteiger partial charge on any atom is 0.238 e. The van der Waals surface area contributed by atoms with Crippen LogP contribution in [0.5, 0.6) is 11.5 Å². The van der Waals surface area contributed by atoms with Crippen molar-refractivity contribution in [2.45, 2.75) is 0 Å². The summed E-state index contributed by atoms with van der Waals surface area (Å²) in [5.41, 5.74) is 0.557. The summed E-state index contributed by atoms with van der Waals surface area (Å²) in [6, 6.07) is 3.39. The number of ether oxygens (including phenoxy) is 2. The van der Waals surface area contributed by atoms with Crippen molar-refractivity contribution in [2.75, 3.05) is 51.3 Å². The lowest BCUT2D eigenvalue weighted by Gasteiger charge is -2.26. The molecule has 2 aliphatic heterocycles. The van der Waals surface area contributed by atoms with Gasteiger partial charge in [0.2, 0.25) is 5.91 Å². The Morgan fingerprint density at radius 2 is 1.90 bits per heavy atom. The van der Waals surface area contributed by atoms with Crippen LogP contribution in [-0.2, 0) is 4.79 Å². The highest BCUT2D eigenvalue weighted by Gasteiger charge is 2.18. The van der Waals surface area contributed by atoms with Gasteiger partial charge in [-0.2, -0.15) is 0 Å². The number of fused-ring (bicyclic) bond motifs is 1. The Labute approximate surface area is 128 Å². The van der Waals surface area contributed by atoms with Gasteiger partial charge in [-0.3, -0.25) is 9.69 Å². The first-order chi connectivity index (χ1) is 10.2. The Morgan fingerprint density at radius 3 is 2.62 bits per heavy atom. The summed E-state index contributed by atoms with van der Waals surface area (Å²) in [5, 5.41) is 6.55. The Hall–Kier alpha value is -1.50. The van der Waals surface area contributed by atoms with Crippen molar-refractivity contribution in [1.29, 1.82) is 0 Å². The van der Waals surface area contributed by atoms with Gasteiger partial charge in [-0.05, 0) is 0 Å². The van der Waals surface area contributed by atoms with Gasteiger partial charge in [-0.25, -0.2) is 0 Å². The van der Waals surface area contributed by atoms with E-state index < -0.39 is 0 Å². The molecule has 0 spiro atoms. The summed E-state index contributed by atoms with van der Waals surface area (Å²) in [6.45, 7) is 4.97. The summed E-state index contributed by atoms with van der Waals surface area (Å²) in [6.07, 6.45) is 0.